The first-order valence-corrected chi connectivity index (χ1v) is 7.17. The van der Waals surface area contributed by atoms with E-state index in [4.69, 9.17) is 9.47 Å². The van der Waals surface area contributed by atoms with Gasteiger partial charge in [-0.2, -0.15) is 0 Å². The molecule has 0 amide bonds. The number of methoxy groups -OCH3 is 2. The summed E-state index contributed by atoms with van der Waals surface area (Å²) >= 11 is 0. The van der Waals surface area contributed by atoms with Crippen LogP contribution in [0.5, 0.6) is 11.5 Å². The van der Waals surface area contributed by atoms with Crippen LogP contribution in [0.4, 0.5) is 0 Å². The molecule has 0 unspecified atom stereocenters. The van der Waals surface area contributed by atoms with Gasteiger partial charge >= 0.3 is 0 Å². The minimum absolute atomic E-state index is 0.848. The molecule has 0 aromatic heterocycles. The van der Waals surface area contributed by atoms with Crippen LogP contribution >= 0.6 is 0 Å². The van der Waals surface area contributed by atoms with Crippen LogP contribution in [-0.2, 0) is 12.8 Å². The van der Waals surface area contributed by atoms with Gasteiger partial charge in [-0.1, -0.05) is 6.42 Å². The molecule has 1 aliphatic heterocycles. The Morgan fingerprint density at radius 2 is 1.47 bits per heavy atom. The Morgan fingerprint density at radius 3 is 2.11 bits per heavy atom. The summed E-state index contributed by atoms with van der Waals surface area (Å²) < 4.78 is 10.8. The summed E-state index contributed by atoms with van der Waals surface area (Å²) in [7, 11) is 5.62. The molecule has 0 atom stereocenters. The average molecular weight is 263 g/mol. The normalized spacial score (nSPS) is 17.6. The number of aryl methyl sites for hydroxylation is 1. The summed E-state index contributed by atoms with van der Waals surface area (Å²) in [5, 5.41) is 0. The second-order valence-electron chi connectivity index (χ2n) is 5.34. The van der Waals surface area contributed by atoms with Gasteiger partial charge in [0.15, 0.2) is 11.5 Å². The van der Waals surface area contributed by atoms with E-state index in [1.807, 2.05) is 0 Å². The Kier molecular flexibility index (Phi) is 5.08. The topological polar surface area (TPSA) is 21.7 Å². The van der Waals surface area contributed by atoms with Crippen molar-refractivity contribution in [2.45, 2.75) is 32.1 Å². The summed E-state index contributed by atoms with van der Waals surface area (Å²) in [6.45, 7) is 2.32. The lowest BCUT2D eigenvalue weighted by molar-refractivity contribution is 0.324. The fourth-order valence-electron chi connectivity index (χ4n) is 2.73. The number of hydrogen-bond donors (Lipinski definition) is 0. The van der Waals surface area contributed by atoms with Crippen LogP contribution in [0.1, 0.15) is 30.4 Å². The maximum Gasteiger partial charge on any atom is 0.161 e. The number of ether oxygens (including phenoxy) is 2. The molecule has 0 spiro atoms. The Bertz CT molecular complexity index is 417. The second kappa shape index (κ2) is 6.80. The van der Waals surface area contributed by atoms with Crippen molar-refractivity contribution in [3.05, 3.63) is 23.3 Å². The molecule has 2 rings (SSSR count). The highest BCUT2D eigenvalue weighted by Gasteiger charge is 2.13. The average Bonchev–Trinajstić information content (AvgIpc) is 2.44. The molecule has 0 N–H and O–H groups in total. The van der Waals surface area contributed by atoms with Crippen molar-refractivity contribution in [2.75, 3.05) is 34.4 Å². The van der Waals surface area contributed by atoms with Crippen LogP contribution in [0.2, 0.25) is 0 Å². The molecule has 0 radical (unpaired) electrons. The van der Waals surface area contributed by atoms with Crippen LogP contribution in [0.15, 0.2) is 12.1 Å². The van der Waals surface area contributed by atoms with E-state index in [1.54, 1.807) is 14.2 Å². The molecular formula is C16H25NO2. The minimum atomic E-state index is 0.848. The molecule has 106 valence electrons. The summed E-state index contributed by atoms with van der Waals surface area (Å²) in [6.07, 6.45) is 6.11. The Morgan fingerprint density at radius 1 is 0.842 bits per heavy atom. The maximum atomic E-state index is 5.42. The highest BCUT2D eigenvalue weighted by molar-refractivity contribution is 5.47. The predicted octanol–water partition coefficient (Wildman–Crippen LogP) is 2.90. The highest BCUT2D eigenvalue weighted by atomic mass is 16.5. The number of rotatable bonds is 2. The molecule has 19 heavy (non-hydrogen) atoms. The smallest absolute Gasteiger partial charge is 0.161 e. The van der Waals surface area contributed by atoms with Gasteiger partial charge in [-0.25, -0.2) is 0 Å². The zero-order chi connectivity index (χ0) is 13.7. The van der Waals surface area contributed by atoms with Crippen LogP contribution in [0, 0.1) is 0 Å². The largest absolute Gasteiger partial charge is 0.493 e. The van der Waals surface area contributed by atoms with E-state index >= 15 is 0 Å². The van der Waals surface area contributed by atoms with E-state index in [1.165, 1.54) is 36.9 Å². The number of hydrogen-bond acceptors (Lipinski definition) is 3. The Balaban J connectivity index is 2.28. The Hall–Kier alpha value is -1.22. The van der Waals surface area contributed by atoms with Gasteiger partial charge in [0.25, 0.3) is 0 Å². The van der Waals surface area contributed by atoms with Crippen LogP contribution in [0.25, 0.3) is 0 Å². The van der Waals surface area contributed by atoms with E-state index in [2.05, 4.69) is 24.1 Å². The standard InChI is InChI=1S/C16H25NO2/c1-17-9-6-4-5-7-13-11-15(18-2)16(19-3)12-14(13)8-10-17/h11-12H,4-10H2,1-3H3. The van der Waals surface area contributed by atoms with Crippen molar-refractivity contribution in [1.29, 1.82) is 0 Å². The molecule has 0 aliphatic carbocycles. The summed E-state index contributed by atoms with van der Waals surface area (Å²) in [5.41, 5.74) is 2.83. The first-order valence-electron chi connectivity index (χ1n) is 7.17. The molecule has 1 heterocycles. The van der Waals surface area contributed by atoms with Crippen molar-refractivity contribution < 1.29 is 9.47 Å². The lowest BCUT2D eigenvalue weighted by Crippen LogP contribution is -2.23. The molecule has 0 saturated heterocycles. The van der Waals surface area contributed by atoms with E-state index in [0.29, 0.717) is 0 Å². The predicted molar refractivity (Wildman–Crippen MR) is 78.3 cm³/mol. The van der Waals surface area contributed by atoms with Gasteiger partial charge in [0.05, 0.1) is 14.2 Å². The first kappa shape index (κ1) is 14.2. The van der Waals surface area contributed by atoms with Crippen molar-refractivity contribution in [2.24, 2.45) is 0 Å². The molecule has 0 fully saturated rings. The monoisotopic (exact) mass is 263 g/mol. The molecule has 1 aliphatic rings. The molecular weight excluding hydrogens is 238 g/mol. The van der Waals surface area contributed by atoms with Crippen molar-refractivity contribution in [1.82, 2.24) is 4.90 Å². The molecule has 0 saturated carbocycles. The van der Waals surface area contributed by atoms with Gasteiger partial charge in [-0.3, -0.25) is 0 Å². The zero-order valence-corrected chi connectivity index (χ0v) is 12.4. The molecule has 3 nitrogen and oxygen atoms in total. The summed E-state index contributed by atoms with van der Waals surface area (Å²) in [4.78, 5) is 2.42. The molecule has 1 aromatic carbocycles. The fraction of sp³-hybridized carbons (Fsp3) is 0.625. The van der Waals surface area contributed by atoms with E-state index in [-0.39, 0.29) is 0 Å². The van der Waals surface area contributed by atoms with E-state index < -0.39 is 0 Å². The third kappa shape index (κ3) is 3.63. The highest BCUT2D eigenvalue weighted by Crippen LogP contribution is 2.32. The second-order valence-corrected chi connectivity index (χ2v) is 5.34. The third-order valence-electron chi connectivity index (χ3n) is 3.95. The van der Waals surface area contributed by atoms with Crippen LogP contribution < -0.4 is 9.47 Å². The Labute approximate surface area is 116 Å². The van der Waals surface area contributed by atoms with Crippen LogP contribution in [0.3, 0.4) is 0 Å². The van der Waals surface area contributed by atoms with Gasteiger partial charge in [-0.15, -0.1) is 0 Å². The zero-order valence-electron chi connectivity index (χ0n) is 12.4. The number of nitrogens with zero attached hydrogens (tertiary/aromatic N) is 1. The van der Waals surface area contributed by atoms with Gasteiger partial charge in [-0.05, 0) is 62.5 Å². The third-order valence-corrected chi connectivity index (χ3v) is 3.95. The fourth-order valence-corrected chi connectivity index (χ4v) is 2.73. The van der Waals surface area contributed by atoms with Crippen molar-refractivity contribution >= 4 is 0 Å². The summed E-state index contributed by atoms with van der Waals surface area (Å²) in [6, 6.07) is 4.32. The lowest BCUT2D eigenvalue weighted by atomic mass is 9.97. The van der Waals surface area contributed by atoms with Crippen molar-refractivity contribution in [3.8, 4) is 11.5 Å². The SMILES string of the molecule is COc1cc2c(cc1OC)CCN(C)CCCCC2. The van der Waals surface area contributed by atoms with Gasteiger partial charge in [0, 0.05) is 6.54 Å². The van der Waals surface area contributed by atoms with Gasteiger partial charge in [0.1, 0.15) is 0 Å². The lowest BCUT2D eigenvalue weighted by Gasteiger charge is -2.21. The van der Waals surface area contributed by atoms with E-state index in [0.717, 1.165) is 30.9 Å². The van der Waals surface area contributed by atoms with Gasteiger partial charge in [0.2, 0.25) is 0 Å². The minimum Gasteiger partial charge on any atom is -0.493 e. The number of likely N-dealkylation sites (N-methyl/N-ethyl adjacent to an activating group) is 1. The number of fused-ring (bicyclic) bond motifs is 1. The van der Waals surface area contributed by atoms with E-state index in [9.17, 15) is 0 Å². The van der Waals surface area contributed by atoms with Gasteiger partial charge < -0.3 is 14.4 Å². The maximum absolute atomic E-state index is 5.42. The number of benzene rings is 1. The molecule has 3 heteroatoms. The quantitative estimate of drug-likeness (QED) is 0.819. The molecule has 0 bridgehead atoms. The first-order chi connectivity index (χ1) is 9.24. The molecule has 1 aromatic rings. The summed E-state index contributed by atoms with van der Waals surface area (Å²) in [5.74, 6) is 1.70. The van der Waals surface area contributed by atoms with Crippen LogP contribution in [-0.4, -0.2) is 39.3 Å². The van der Waals surface area contributed by atoms with Crippen molar-refractivity contribution in [3.63, 3.8) is 0 Å².